The largest absolute Gasteiger partial charge is 0.0312 e. The summed E-state index contributed by atoms with van der Waals surface area (Å²) in [5.41, 5.74) is 2.47. The summed E-state index contributed by atoms with van der Waals surface area (Å²) >= 11 is 1.86. The molecule has 0 heterocycles. The molecule has 89 valence electrons. The van der Waals surface area contributed by atoms with Gasteiger partial charge < -0.3 is 0 Å². The molecule has 0 spiro atoms. The van der Waals surface area contributed by atoms with E-state index < -0.39 is 0 Å². The van der Waals surface area contributed by atoms with Crippen molar-refractivity contribution in [3.63, 3.8) is 0 Å². The zero-order chi connectivity index (χ0) is 14.2. The van der Waals surface area contributed by atoms with E-state index in [1.54, 1.807) is 0 Å². The van der Waals surface area contributed by atoms with Gasteiger partial charge in [-0.25, -0.2) is 0 Å². The van der Waals surface area contributed by atoms with Crippen molar-refractivity contribution in [2.75, 3.05) is 0 Å². The van der Waals surface area contributed by atoms with Gasteiger partial charge in [0.1, 0.15) is 0 Å². The Morgan fingerprint density at radius 3 is 1.44 bits per heavy atom. The first kappa shape index (κ1) is 19.5. The molecule has 2 nitrogen and oxygen atoms in total. The quantitative estimate of drug-likeness (QED) is 0.401. The van der Waals surface area contributed by atoms with Crippen molar-refractivity contribution in [3.05, 3.63) is 80.8 Å². The number of hydrogen-bond acceptors (Lipinski definition) is 0. The van der Waals surface area contributed by atoms with Gasteiger partial charge in [-0.3, -0.25) is 0 Å². The molecule has 1 saturated carbocycles. The molecule has 0 amide bonds. The van der Waals surface area contributed by atoms with Gasteiger partial charge in [-0.2, -0.15) is 0 Å². The minimum atomic E-state index is 1.17. The third-order valence-electron chi connectivity index (χ3n) is 1.72. The second-order valence-electron chi connectivity index (χ2n) is 2.93. The Kier molecular flexibility index (Phi) is 17.5. The van der Waals surface area contributed by atoms with E-state index in [9.17, 15) is 0 Å². The minimum Gasteiger partial charge on any atom is -0.0312 e. The maximum absolute atomic E-state index is 7.50. The fraction of sp³-hybridized carbons (Fsp3) is 0.0667. The average Bonchev–Trinajstić information content (AvgIpc) is 3.03. The van der Waals surface area contributed by atoms with Crippen molar-refractivity contribution in [3.8, 4) is 4.20 Å². The predicted molar refractivity (Wildman–Crippen MR) is 63.5 cm³/mol. The van der Waals surface area contributed by atoms with E-state index in [1.807, 2.05) is 51.3 Å². The van der Waals surface area contributed by atoms with Crippen LogP contribution < -0.4 is 0 Å². The molecule has 5 radical (unpaired) electrons. The van der Waals surface area contributed by atoms with Gasteiger partial charge in [0.05, 0.1) is 0 Å². The van der Waals surface area contributed by atoms with Gasteiger partial charge in [-0.05, 0) is 32.1 Å². The number of benzene rings is 1. The zero-order valence-electron chi connectivity index (χ0n) is 9.92. The van der Waals surface area contributed by atoms with Crippen LogP contribution in [0.15, 0.2) is 24.3 Å². The van der Waals surface area contributed by atoms with Gasteiger partial charge in [0.2, 0.25) is 0 Å². The third kappa shape index (κ3) is 11.6. The van der Waals surface area contributed by atoms with Crippen molar-refractivity contribution in [1.82, 2.24) is 0 Å². The molecule has 0 aromatic heterocycles. The van der Waals surface area contributed by atoms with Gasteiger partial charge in [0.25, 0.3) is 0 Å². The molecular weight excluding hydrogens is 308 g/mol. The second-order valence-corrected chi connectivity index (χ2v) is 3.43. The molecule has 0 atom stereocenters. The van der Waals surface area contributed by atoms with Crippen molar-refractivity contribution >= 4 is 0 Å². The van der Waals surface area contributed by atoms with Crippen LogP contribution in [0.25, 0.3) is 0 Å². The van der Waals surface area contributed by atoms with E-state index in [1.165, 1.54) is 11.1 Å². The molecule has 1 aromatic rings. The molecular formula is C15H12MoO2+. The Bertz CT molecular complexity index is 353. The monoisotopic (exact) mass is 322 g/mol. The van der Waals surface area contributed by atoms with Crippen LogP contribution in [0.5, 0.6) is 0 Å². The third-order valence-corrected chi connectivity index (χ3v) is 2.30. The van der Waals surface area contributed by atoms with E-state index >= 15 is 0 Å². The molecule has 0 saturated heterocycles. The molecule has 0 unspecified atom stereocenters. The normalized spacial score (nSPS) is 11.1. The summed E-state index contributed by atoms with van der Waals surface area (Å²) in [6, 6.07) is 8.32. The number of hydrogen-bond donors (Lipinski definition) is 0. The first-order valence-corrected chi connectivity index (χ1v) is 5.85. The molecule has 2 rings (SSSR count). The smallest absolute Gasteiger partial charge is 0.0312 e. The summed E-state index contributed by atoms with van der Waals surface area (Å²) < 4.78 is 18.1. The van der Waals surface area contributed by atoms with Crippen molar-refractivity contribution < 1.29 is 28.5 Å². The summed E-state index contributed by atoms with van der Waals surface area (Å²) in [5, 5.41) is 0. The summed E-state index contributed by atoms with van der Waals surface area (Å²) in [5.74, 6) is 0. The number of rotatable bonds is 0. The molecule has 1 fully saturated rings. The van der Waals surface area contributed by atoms with E-state index in [4.69, 9.17) is 9.30 Å². The zero-order valence-corrected chi connectivity index (χ0v) is 11.9. The van der Waals surface area contributed by atoms with Crippen LogP contribution in [0, 0.1) is 56.5 Å². The molecule has 0 N–H and O–H groups in total. The Hall–Kier alpha value is -0.832. The first-order valence-electron chi connectivity index (χ1n) is 4.85. The topological polar surface area (TPSA) is 39.8 Å². The fourth-order valence-corrected chi connectivity index (χ4v) is 1.28. The van der Waals surface area contributed by atoms with Crippen LogP contribution in [0.3, 0.4) is 0 Å². The summed E-state index contributed by atoms with van der Waals surface area (Å²) in [7, 11) is 0. The molecule has 0 aliphatic heterocycles. The molecule has 1 aromatic carbocycles. The summed E-state index contributed by atoms with van der Waals surface area (Å²) in [6.45, 7) is 11.1. The molecule has 1 aliphatic rings. The van der Waals surface area contributed by atoms with Crippen molar-refractivity contribution in [1.29, 1.82) is 0 Å². The number of aryl methyl sites for hydroxylation is 1. The van der Waals surface area contributed by atoms with Gasteiger partial charge in [-0.1, -0.05) is 0 Å². The Labute approximate surface area is 120 Å². The Morgan fingerprint density at radius 1 is 0.833 bits per heavy atom. The fourth-order valence-electron chi connectivity index (χ4n) is 0.942. The van der Waals surface area contributed by atoms with E-state index in [2.05, 4.69) is 48.7 Å². The van der Waals surface area contributed by atoms with Crippen LogP contribution in [0.2, 0.25) is 0 Å². The Balaban J connectivity index is 0. The standard InChI is InChI=1S/C8H7.C5H5.2CO.Mo/c1-7-3-5-8(2)6-4-7;1-2-4-5-3-1;2*1-2;/h3-6H,1H3;1-5H;;;/q;;;;+1. The Morgan fingerprint density at radius 2 is 1.17 bits per heavy atom. The van der Waals surface area contributed by atoms with Crippen LogP contribution >= 0.6 is 0 Å². The van der Waals surface area contributed by atoms with Crippen LogP contribution in [-0.4, -0.2) is 0 Å². The van der Waals surface area contributed by atoms with Crippen LogP contribution in [0.1, 0.15) is 11.1 Å². The SMILES string of the molecule is Cc1ccc([C]#[Mo+])cc1.[C-]#[O+].[C-]#[O+].[CH]1[CH][CH][CH][CH]1. The van der Waals surface area contributed by atoms with Gasteiger partial charge in [0, 0.05) is 0 Å². The van der Waals surface area contributed by atoms with Crippen LogP contribution in [0.4, 0.5) is 0 Å². The molecule has 1 aliphatic carbocycles. The maximum Gasteiger partial charge on any atom is -0.0312 e. The van der Waals surface area contributed by atoms with E-state index in [0.717, 1.165) is 0 Å². The van der Waals surface area contributed by atoms with Crippen LogP contribution in [-0.2, 0) is 28.5 Å². The summed E-state index contributed by atoms with van der Waals surface area (Å²) in [6.07, 6.45) is 10.0. The van der Waals surface area contributed by atoms with E-state index in [-0.39, 0.29) is 0 Å². The predicted octanol–water partition coefficient (Wildman–Crippen LogP) is 2.80. The van der Waals surface area contributed by atoms with Gasteiger partial charge in [0.15, 0.2) is 0 Å². The van der Waals surface area contributed by atoms with Crippen molar-refractivity contribution in [2.45, 2.75) is 6.92 Å². The van der Waals surface area contributed by atoms with Gasteiger partial charge in [-0.15, -0.1) is 0 Å². The van der Waals surface area contributed by atoms with E-state index in [0.29, 0.717) is 0 Å². The molecule has 18 heavy (non-hydrogen) atoms. The van der Waals surface area contributed by atoms with Gasteiger partial charge >= 0.3 is 88.3 Å². The first-order chi connectivity index (χ1) is 8.83. The summed E-state index contributed by atoms with van der Waals surface area (Å²) in [4.78, 5) is 0. The minimum absolute atomic E-state index is 1.17. The molecule has 0 bridgehead atoms. The molecule has 3 heteroatoms. The maximum atomic E-state index is 7.50. The average molecular weight is 320 g/mol. The second kappa shape index (κ2) is 16.2. The van der Waals surface area contributed by atoms with Crippen molar-refractivity contribution in [2.24, 2.45) is 0 Å².